The van der Waals surface area contributed by atoms with Gasteiger partial charge in [-0.15, -0.1) is 0 Å². The lowest BCUT2D eigenvalue weighted by Gasteiger charge is -2.36. The van der Waals surface area contributed by atoms with E-state index in [1.165, 1.54) is 5.56 Å². The van der Waals surface area contributed by atoms with Gasteiger partial charge in [0.05, 0.1) is 5.60 Å². The molecule has 94 valence electrons. The van der Waals surface area contributed by atoms with Crippen LogP contribution in [0.15, 0.2) is 16.7 Å². The van der Waals surface area contributed by atoms with Crippen LogP contribution in [0.4, 0.5) is 5.82 Å². The van der Waals surface area contributed by atoms with E-state index in [0.717, 1.165) is 29.7 Å². The third kappa shape index (κ3) is 3.42. The van der Waals surface area contributed by atoms with Crippen molar-refractivity contribution in [3.8, 4) is 0 Å². The number of nitrogens with zero attached hydrogens (tertiary/aromatic N) is 1. The molecule has 0 saturated carbocycles. The Bertz CT molecular complexity index is 406. The highest BCUT2D eigenvalue weighted by molar-refractivity contribution is 9.10. The second-order valence-electron chi connectivity index (χ2n) is 5.26. The molecule has 1 aromatic rings. The fourth-order valence-corrected chi connectivity index (χ4v) is 2.69. The van der Waals surface area contributed by atoms with Gasteiger partial charge in [0.2, 0.25) is 0 Å². The van der Waals surface area contributed by atoms with Crippen LogP contribution < -0.4 is 5.32 Å². The zero-order chi connectivity index (χ0) is 12.5. The third-order valence-corrected chi connectivity index (χ3v) is 3.52. The number of aryl methyl sites for hydroxylation is 1. The Hall–Kier alpha value is -0.610. The molecule has 1 unspecified atom stereocenters. The van der Waals surface area contributed by atoms with Crippen LogP contribution in [-0.4, -0.2) is 23.2 Å². The number of nitrogens with one attached hydrogen (secondary N) is 1. The SMILES string of the molecule is Cc1cc(Br)cnc1NC1CCOC(C)(C)C1. The van der Waals surface area contributed by atoms with E-state index < -0.39 is 0 Å². The molecule has 0 amide bonds. The lowest BCUT2D eigenvalue weighted by atomic mass is 9.94. The normalized spacial score (nSPS) is 23.4. The van der Waals surface area contributed by atoms with Crippen LogP contribution in [0.1, 0.15) is 32.3 Å². The Balaban J connectivity index is 2.05. The number of ether oxygens (including phenoxy) is 1. The van der Waals surface area contributed by atoms with Crippen molar-refractivity contribution in [1.29, 1.82) is 0 Å². The van der Waals surface area contributed by atoms with Crippen molar-refractivity contribution in [3.05, 3.63) is 22.3 Å². The van der Waals surface area contributed by atoms with E-state index in [9.17, 15) is 0 Å². The van der Waals surface area contributed by atoms with Crippen molar-refractivity contribution in [2.75, 3.05) is 11.9 Å². The van der Waals surface area contributed by atoms with Gasteiger partial charge in [-0.1, -0.05) is 0 Å². The number of pyridine rings is 1. The van der Waals surface area contributed by atoms with E-state index in [4.69, 9.17) is 4.74 Å². The summed E-state index contributed by atoms with van der Waals surface area (Å²) < 4.78 is 6.74. The van der Waals surface area contributed by atoms with Crippen LogP contribution in [0, 0.1) is 6.92 Å². The zero-order valence-corrected chi connectivity index (χ0v) is 12.2. The van der Waals surface area contributed by atoms with Crippen molar-refractivity contribution < 1.29 is 4.74 Å². The maximum atomic E-state index is 5.71. The Morgan fingerprint density at radius 1 is 1.53 bits per heavy atom. The molecule has 0 spiro atoms. The van der Waals surface area contributed by atoms with E-state index in [1.54, 1.807) is 0 Å². The molecule has 1 N–H and O–H groups in total. The standard InChI is InChI=1S/C13H19BrN2O/c1-9-6-10(14)8-15-12(9)16-11-4-5-17-13(2,3)7-11/h6,8,11H,4-5,7H2,1-3H3,(H,15,16). The second kappa shape index (κ2) is 4.94. The van der Waals surface area contributed by atoms with Crippen molar-refractivity contribution in [2.45, 2.75) is 45.3 Å². The minimum atomic E-state index is -0.0286. The molecule has 1 aliphatic rings. The van der Waals surface area contributed by atoms with Crippen LogP contribution in [0.2, 0.25) is 0 Å². The van der Waals surface area contributed by atoms with Gasteiger partial charge in [-0.2, -0.15) is 0 Å². The van der Waals surface area contributed by atoms with Gasteiger partial charge in [0, 0.05) is 23.3 Å². The molecule has 2 heterocycles. The lowest BCUT2D eigenvalue weighted by molar-refractivity contribution is -0.0553. The fourth-order valence-electron chi connectivity index (χ4n) is 2.24. The first-order valence-corrected chi connectivity index (χ1v) is 6.78. The van der Waals surface area contributed by atoms with Crippen LogP contribution in [0.3, 0.4) is 0 Å². The van der Waals surface area contributed by atoms with Crippen LogP contribution >= 0.6 is 15.9 Å². The zero-order valence-electron chi connectivity index (χ0n) is 10.6. The number of aromatic nitrogens is 1. The number of anilines is 1. The van der Waals surface area contributed by atoms with Gasteiger partial charge >= 0.3 is 0 Å². The summed E-state index contributed by atoms with van der Waals surface area (Å²) in [5.41, 5.74) is 1.14. The predicted molar refractivity (Wildman–Crippen MR) is 73.3 cm³/mol. The minimum Gasteiger partial charge on any atom is -0.375 e. The van der Waals surface area contributed by atoms with Gasteiger partial charge in [-0.3, -0.25) is 0 Å². The molecule has 1 aliphatic heterocycles. The quantitative estimate of drug-likeness (QED) is 0.907. The van der Waals surface area contributed by atoms with Crippen molar-refractivity contribution >= 4 is 21.7 Å². The summed E-state index contributed by atoms with van der Waals surface area (Å²) in [6.45, 7) is 7.18. The van der Waals surface area contributed by atoms with Gasteiger partial charge in [0.1, 0.15) is 5.82 Å². The van der Waals surface area contributed by atoms with Gasteiger partial charge in [-0.25, -0.2) is 4.98 Å². The summed E-state index contributed by atoms with van der Waals surface area (Å²) in [6, 6.07) is 2.53. The van der Waals surface area contributed by atoms with E-state index in [-0.39, 0.29) is 5.60 Å². The topological polar surface area (TPSA) is 34.2 Å². The third-order valence-electron chi connectivity index (χ3n) is 3.08. The highest BCUT2D eigenvalue weighted by Gasteiger charge is 2.29. The average molecular weight is 299 g/mol. The van der Waals surface area contributed by atoms with E-state index in [1.807, 2.05) is 6.20 Å². The fraction of sp³-hybridized carbons (Fsp3) is 0.615. The first kappa shape index (κ1) is 12.8. The summed E-state index contributed by atoms with van der Waals surface area (Å²) in [4.78, 5) is 4.42. The molecule has 4 heteroatoms. The maximum Gasteiger partial charge on any atom is 0.129 e. The van der Waals surface area contributed by atoms with E-state index >= 15 is 0 Å². The Morgan fingerprint density at radius 3 is 2.94 bits per heavy atom. The summed E-state index contributed by atoms with van der Waals surface area (Å²) in [6.07, 6.45) is 3.89. The van der Waals surface area contributed by atoms with E-state index in [0.29, 0.717) is 6.04 Å². The largest absolute Gasteiger partial charge is 0.375 e. The number of halogens is 1. The van der Waals surface area contributed by atoms with Crippen LogP contribution in [0.25, 0.3) is 0 Å². The number of rotatable bonds is 2. The first-order valence-electron chi connectivity index (χ1n) is 5.99. The highest BCUT2D eigenvalue weighted by atomic mass is 79.9. The molecule has 0 bridgehead atoms. The molecule has 1 fully saturated rings. The molecule has 17 heavy (non-hydrogen) atoms. The van der Waals surface area contributed by atoms with Crippen molar-refractivity contribution in [2.24, 2.45) is 0 Å². The summed E-state index contributed by atoms with van der Waals surface area (Å²) >= 11 is 3.43. The second-order valence-corrected chi connectivity index (χ2v) is 6.18. The highest BCUT2D eigenvalue weighted by Crippen LogP contribution is 2.27. The Labute approximate surface area is 111 Å². The Kier molecular flexibility index (Phi) is 3.73. The summed E-state index contributed by atoms with van der Waals surface area (Å²) in [7, 11) is 0. The van der Waals surface area contributed by atoms with Gasteiger partial charge < -0.3 is 10.1 Å². The number of hydrogen-bond acceptors (Lipinski definition) is 3. The van der Waals surface area contributed by atoms with E-state index in [2.05, 4.69) is 53.1 Å². The molecule has 2 rings (SSSR count). The Morgan fingerprint density at radius 2 is 2.29 bits per heavy atom. The summed E-state index contributed by atoms with van der Waals surface area (Å²) in [5, 5.41) is 3.52. The number of hydrogen-bond donors (Lipinski definition) is 1. The minimum absolute atomic E-state index is 0.0286. The average Bonchev–Trinajstić information content (AvgIpc) is 2.21. The molecule has 0 radical (unpaired) electrons. The molecular weight excluding hydrogens is 280 g/mol. The molecular formula is C13H19BrN2O. The molecule has 1 atom stereocenters. The predicted octanol–water partition coefficient (Wildman–Crippen LogP) is 3.52. The molecule has 0 aromatic carbocycles. The van der Waals surface area contributed by atoms with Crippen LogP contribution in [-0.2, 0) is 4.74 Å². The molecule has 3 nitrogen and oxygen atoms in total. The molecule has 1 aromatic heterocycles. The first-order chi connectivity index (χ1) is 7.96. The van der Waals surface area contributed by atoms with Gasteiger partial charge in [0.25, 0.3) is 0 Å². The molecule has 0 aliphatic carbocycles. The smallest absolute Gasteiger partial charge is 0.129 e. The van der Waals surface area contributed by atoms with Gasteiger partial charge in [-0.05, 0) is 61.2 Å². The maximum absolute atomic E-state index is 5.71. The van der Waals surface area contributed by atoms with Crippen molar-refractivity contribution in [3.63, 3.8) is 0 Å². The molecule has 1 saturated heterocycles. The lowest BCUT2D eigenvalue weighted by Crippen LogP contribution is -2.40. The monoisotopic (exact) mass is 298 g/mol. The van der Waals surface area contributed by atoms with Gasteiger partial charge in [0.15, 0.2) is 0 Å². The van der Waals surface area contributed by atoms with Crippen molar-refractivity contribution in [1.82, 2.24) is 4.98 Å². The summed E-state index contributed by atoms with van der Waals surface area (Å²) in [5.74, 6) is 0.982. The van der Waals surface area contributed by atoms with Crippen LogP contribution in [0.5, 0.6) is 0 Å².